The molecule has 0 bridgehead atoms. The van der Waals surface area contributed by atoms with Crippen LogP contribution in [0.25, 0.3) is 0 Å². The average Bonchev–Trinajstić information content (AvgIpc) is 3.87. The highest BCUT2D eigenvalue weighted by Gasteiger charge is 2.43. The first-order valence-electron chi connectivity index (χ1n) is 23.0. The van der Waals surface area contributed by atoms with Crippen LogP contribution in [0.15, 0.2) is 78.9 Å². The van der Waals surface area contributed by atoms with Crippen molar-refractivity contribution >= 4 is 38.1 Å². The monoisotopic (exact) mass is 932 g/mol. The van der Waals surface area contributed by atoms with Gasteiger partial charge in [-0.3, -0.25) is 9.59 Å². The first kappa shape index (κ1) is 51.6. The molecule has 3 aromatic rings. The third-order valence-electron chi connectivity index (χ3n) is 11.6. The van der Waals surface area contributed by atoms with E-state index in [0.29, 0.717) is 49.3 Å². The molecular weight excluding hydrogens is 864 g/mol. The summed E-state index contributed by atoms with van der Waals surface area (Å²) in [6.07, 6.45) is 6.26. The van der Waals surface area contributed by atoms with E-state index in [2.05, 4.69) is 59.7 Å². The summed E-state index contributed by atoms with van der Waals surface area (Å²) in [7, 11) is 1.96. The Morgan fingerprint density at radius 3 is 2.06 bits per heavy atom. The zero-order chi connectivity index (χ0) is 46.6. The van der Waals surface area contributed by atoms with E-state index in [0.717, 1.165) is 61.0 Å². The van der Waals surface area contributed by atoms with E-state index in [9.17, 15) is 14.4 Å². The van der Waals surface area contributed by atoms with Gasteiger partial charge in [0.2, 0.25) is 11.8 Å². The van der Waals surface area contributed by atoms with Crippen molar-refractivity contribution in [2.75, 3.05) is 46.3 Å². The van der Waals surface area contributed by atoms with E-state index >= 15 is 0 Å². The molecule has 4 amide bonds. The fourth-order valence-electron chi connectivity index (χ4n) is 8.38. The number of thioether (sulfide) groups is 1. The predicted octanol–water partition coefficient (Wildman–Crippen LogP) is 8.19. The largest absolute Gasteiger partial charge is 0.497 e. The van der Waals surface area contributed by atoms with Crippen LogP contribution in [0, 0.1) is 11.3 Å². The molecule has 5 rings (SSSR count). The molecular formula is C49H69N6O8PS. The number of nitrogens with zero attached hydrogens (tertiary/aromatic N) is 2. The highest BCUT2D eigenvalue weighted by molar-refractivity contribution is 8.00. The molecule has 65 heavy (non-hydrogen) atoms. The maximum atomic E-state index is 14.2. The van der Waals surface area contributed by atoms with Gasteiger partial charge in [-0.25, -0.2) is 9.46 Å². The summed E-state index contributed by atoms with van der Waals surface area (Å²) in [6.45, 7) is 9.64. The van der Waals surface area contributed by atoms with Crippen LogP contribution in [0.5, 0.6) is 11.5 Å². The van der Waals surface area contributed by atoms with E-state index in [1.807, 2.05) is 90.6 Å². The number of hydrogen-bond acceptors (Lipinski definition) is 11. The van der Waals surface area contributed by atoms with Gasteiger partial charge in [0.05, 0.1) is 58.6 Å². The van der Waals surface area contributed by atoms with Gasteiger partial charge in [-0.1, -0.05) is 73.9 Å². The number of hydrogen-bond donors (Lipinski definition) is 4. The topological polar surface area (TPSA) is 173 Å². The molecule has 0 aliphatic carbocycles. The summed E-state index contributed by atoms with van der Waals surface area (Å²) >= 11 is 1.86. The Balaban J connectivity index is 1.26. The molecule has 2 heterocycles. The maximum absolute atomic E-state index is 14.2. The minimum atomic E-state index is -1.29. The van der Waals surface area contributed by atoms with Gasteiger partial charge in [0.1, 0.15) is 23.1 Å². The van der Waals surface area contributed by atoms with Crippen LogP contribution < -0.4 is 30.7 Å². The molecule has 0 radical (unpaired) electrons. The molecule has 2 fully saturated rings. The van der Waals surface area contributed by atoms with Crippen LogP contribution in [0.1, 0.15) is 102 Å². The van der Waals surface area contributed by atoms with Gasteiger partial charge in [0.25, 0.3) is 8.53 Å². The van der Waals surface area contributed by atoms with Crippen molar-refractivity contribution in [2.45, 2.75) is 127 Å². The third-order valence-corrected chi connectivity index (χ3v) is 15.2. The number of nitriles is 1. The Labute approximate surface area is 391 Å². The number of nitrogens with one attached hydrogen (secondary N) is 4. The van der Waals surface area contributed by atoms with Crippen molar-refractivity contribution < 1.29 is 37.6 Å². The van der Waals surface area contributed by atoms with Crippen LogP contribution >= 0.6 is 20.3 Å². The number of carbonyl (C=O) groups is 3. The number of methoxy groups -OCH3 is 2. The van der Waals surface area contributed by atoms with Gasteiger partial charge in [-0.2, -0.15) is 17.0 Å². The summed E-state index contributed by atoms with van der Waals surface area (Å²) in [5, 5.41) is 21.5. The lowest BCUT2D eigenvalue weighted by Gasteiger charge is -2.37. The second kappa shape index (κ2) is 26.7. The standard InChI is InChI=1S/C49H69N6O8PS/c1-35(2)55(36(3)4)64(63-32-16-29-50)62-31-15-8-7-14-30-51-47(57)42(52-45(56)20-13-12-19-44-46-43(34-65-44)53-48(58)54-46)33-61-49(37-17-10-9-11-18-37,38-21-25-40(59-5)26-22-38)39-23-27-41(60-6)28-24-39/h9-11,17-18,21-28,35-36,42-44,46H,7-8,12-16,19-20,30-34H2,1-6H3,(H,51,57)(H,52,56)(H2,53,54,58)/t42?,43-,44-,46-,64?/m0/s1. The van der Waals surface area contributed by atoms with E-state index in [1.165, 1.54) is 0 Å². The third kappa shape index (κ3) is 14.8. The molecule has 354 valence electrons. The van der Waals surface area contributed by atoms with E-state index in [-0.39, 0.29) is 55.0 Å². The van der Waals surface area contributed by atoms with E-state index in [1.54, 1.807) is 14.2 Å². The van der Waals surface area contributed by atoms with Crippen molar-refractivity contribution in [3.05, 3.63) is 95.6 Å². The molecule has 3 aromatic carbocycles. The fraction of sp³-hybridized carbons (Fsp3) is 0.551. The number of ether oxygens (including phenoxy) is 3. The molecule has 0 saturated carbocycles. The van der Waals surface area contributed by atoms with Crippen molar-refractivity contribution in [1.29, 1.82) is 5.26 Å². The molecule has 2 saturated heterocycles. The van der Waals surface area contributed by atoms with Gasteiger partial charge >= 0.3 is 6.03 Å². The Morgan fingerprint density at radius 2 is 1.45 bits per heavy atom. The van der Waals surface area contributed by atoms with Gasteiger partial charge in [0.15, 0.2) is 0 Å². The molecule has 2 unspecified atom stereocenters. The SMILES string of the molecule is COc1ccc(C(OCC(NC(=O)CCCC[C@@H]2SC[C@@H]3NC(=O)N[C@@H]32)C(=O)NCCCCCCOP(OCCC#N)N(C(C)C)C(C)C)(c2ccccc2)c2ccc(OC)cc2)cc1. The minimum absolute atomic E-state index is 0.110. The van der Waals surface area contributed by atoms with Crippen LogP contribution in [0.2, 0.25) is 0 Å². The number of urea groups is 1. The van der Waals surface area contributed by atoms with Crippen molar-refractivity contribution in [3.8, 4) is 17.6 Å². The lowest BCUT2D eigenvalue weighted by molar-refractivity contribution is -0.132. The maximum Gasteiger partial charge on any atom is 0.315 e. The summed E-state index contributed by atoms with van der Waals surface area (Å²) < 4.78 is 32.6. The molecule has 4 N–H and O–H groups in total. The highest BCUT2D eigenvalue weighted by atomic mass is 32.2. The smallest absolute Gasteiger partial charge is 0.315 e. The summed E-state index contributed by atoms with van der Waals surface area (Å²) in [6, 6.07) is 27.0. The fourth-order valence-corrected chi connectivity index (χ4v) is 11.5. The summed E-state index contributed by atoms with van der Waals surface area (Å²) in [4.78, 5) is 39.7. The number of carbonyl (C=O) groups excluding carboxylic acids is 3. The van der Waals surface area contributed by atoms with Crippen LogP contribution in [0.4, 0.5) is 4.79 Å². The van der Waals surface area contributed by atoms with Gasteiger partial charge < -0.3 is 44.5 Å². The first-order chi connectivity index (χ1) is 31.5. The number of amides is 4. The average molecular weight is 933 g/mol. The molecule has 0 spiro atoms. The molecule has 14 nitrogen and oxygen atoms in total. The Morgan fingerprint density at radius 1 is 0.831 bits per heavy atom. The van der Waals surface area contributed by atoms with E-state index < -0.39 is 20.2 Å². The summed E-state index contributed by atoms with van der Waals surface area (Å²) in [5.41, 5.74) is 1.28. The molecule has 0 aromatic heterocycles. The molecule has 16 heteroatoms. The van der Waals surface area contributed by atoms with Gasteiger partial charge in [-0.05, 0) is 94.3 Å². The lowest BCUT2D eigenvalue weighted by atomic mass is 9.80. The molecule has 2 aliphatic rings. The second-order valence-electron chi connectivity index (χ2n) is 16.9. The number of fused-ring (bicyclic) bond motifs is 1. The minimum Gasteiger partial charge on any atom is -0.497 e. The normalized spacial score (nSPS) is 17.8. The van der Waals surface area contributed by atoms with Gasteiger partial charge in [-0.15, -0.1) is 0 Å². The Kier molecular flexibility index (Phi) is 21.1. The molecule has 5 atom stereocenters. The zero-order valence-corrected chi connectivity index (χ0v) is 40.6. The van der Waals surface area contributed by atoms with Crippen molar-refractivity contribution in [1.82, 2.24) is 25.9 Å². The number of rotatable bonds is 29. The first-order valence-corrected chi connectivity index (χ1v) is 25.1. The molecule has 2 aliphatic heterocycles. The Bertz CT molecular complexity index is 1900. The quantitative estimate of drug-likeness (QED) is 0.0229. The number of benzene rings is 3. The predicted molar refractivity (Wildman–Crippen MR) is 257 cm³/mol. The lowest BCUT2D eigenvalue weighted by Crippen LogP contribution is -2.51. The van der Waals surface area contributed by atoms with Crippen molar-refractivity contribution in [2.24, 2.45) is 0 Å². The van der Waals surface area contributed by atoms with E-state index in [4.69, 9.17) is 28.5 Å². The second-order valence-corrected chi connectivity index (χ2v) is 19.6. The highest BCUT2D eigenvalue weighted by Crippen LogP contribution is 2.46. The zero-order valence-electron chi connectivity index (χ0n) is 38.9. The van der Waals surface area contributed by atoms with Crippen LogP contribution in [-0.4, -0.2) is 104 Å². The van der Waals surface area contributed by atoms with Gasteiger partial charge in [0, 0.05) is 36.1 Å². The van der Waals surface area contributed by atoms with Crippen molar-refractivity contribution in [3.63, 3.8) is 0 Å². The number of unbranched alkanes of at least 4 members (excludes halogenated alkanes) is 4. The Hall–Kier alpha value is -4.42. The summed E-state index contributed by atoms with van der Waals surface area (Å²) in [5.74, 6) is 1.70. The van der Waals surface area contributed by atoms with Crippen LogP contribution in [0.3, 0.4) is 0 Å². The van der Waals surface area contributed by atoms with Crippen LogP contribution in [-0.2, 0) is 29.0 Å².